The van der Waals surface area contributed by atoms with Crippen LogP contribution >= 0.6 is 0 Å². The van der Waals surface area contributed by atoms with Gasteiger partial charge in [-0.25, -0.2) is 15.0 Å². The normalized spacial score (nSPS) is 22.1. The van der Waals surface area contributed by atoms with E-state index in [9.17, 15) is 0 Å². The van der Waals surface area contributed by atoms with Gasteiger partial charge in [-0.3, -0.25) is 0 Å². The highest BCUT2D eigenvalue weighted by Crippen LogP contribution is 2.34. The Balaban J connectivity index is 1.35. The molecule has 0 radical (unpaired) electrons. The smallest absolute Gasteiger partial charge is 0.225 e. The molecule has 4 rings (SSSR count). The number of nitrogens with zero attached hydrogens (tertiary/aromatic N) is 5. The third kappa shape index (κ3) is 3.07. The molecule has 2 aromatic heterocycles. The standard InChI is InChI=1S/C19H25N5/c1-15-4-2-8-20-18(15)24-13-7-17(14-24)16-5-11-23(12-6-16)19-21-9-3-10-22-19/h2-4,8-10,16-17H,5-7,11-14H2,1H3. The van der Waals surface area contributed by atoms with Gasteiger partial charge in [0.15, 0.2) is 0 Å². The van der Waals surface area contributed by atoms with Crippen molar-refractivity contribution < 1.29 is 0 Å². The number of piperidine rings is 1. The molecule has 1 unspecified atom stereocenters. The Hall–Kier alpha value is -2.17. The average molecular weight is 323 g/mol. The van der Waals surface area contributed by atoms with Gasteiger partial charge < -0.3 is 9.80 Å². The van der Waals surface area contributed by atoms with E-state index in [1.165, 1.54) is 30.6 Å². The first-order chi connectivity index (χ1) is 11.8. The summed E-state index contributed by atoms with van der Waals surface area (Å²) in [4.78, 5) is 18.2. The van der Waals surface area contributed by atoms with Gasteiger partial charge in [0.25, 0.3) is 0 Å². The fourth-order valence-electron chi connectivity index (χ4n) is 4.20. The monoisotopic (exact) mass is 323 g/mol. The highest BCUT2D eigenvalue weighted by molar-refractivity contribution is 5.46. The molecule has 0 aromatic carbocycles. The number of hydrogen-bond acceptors (Lipinski definition) is 5. The van der Waals surface area contributed by atoms with Gasteiger partial charge in [-0.1, -0.05) is 6.07 Å². The second kappa shape index (κ2) is 6.75. The Morgan fingerprint density at radius 3 is 2.25 bits per heavy atom. The first-order valence-corrected chi connectivity index (χ1v) is 9.00. The van der Waals surface area contributed by atoms with Crippen molar-refractivity contribution in [2.75, 3.05) is 36.0 Å². The Morgan fingerprint density at radius 2 is 1.50 bits per heavy atom. The largest absolute Gasteiger partial charge is 0.356 e. The average Bonchev–Trinajstić information content (AvgIpc) is 3.13. The lowest BCUT2D eigenvalue weighted by Crippen LogP contribution is -2.37. The van der Waals surface area contributed by atoms with Crippen molar-refractivity contribution in [3.63, 3.8) is 0 Å². The molecule has 4 heterocycles. The van der Waals surface area contributed by atoms with Crippen molar-refractivity contribution in [2.45, 2.75) is 26.2 Å². The number of aryl methyl sites for hydroxylation is 1. The molecule has 0 N–H and O–H groups in total. The highest BCUT2D eigenvalue weighted by atomic mass is 15.3. The molecule has 2 fully saturated rings. The highest BCUT2D eigenvalue weighted by Gasteiger charge is 2.33. The molecule has 2 aliphatic rings. The van der Waals surface area contributed by atoms with E-state index >= 15 is 0 Å². The van der Waals surface area contributed by atoms with Gasteiger partial charge in [-0.2, -0.15) is 0 Å². The zero-order chi connectivity index (χ0) is 16.4. The zero-order valence-electron chi connectivity index (χ0n) is 14.3. The van der Waals surface area contributed by atoms with E-state index in [1.54, 1.807) is 0 Å². The Morgan fingerprint density at radius 1 is 0.833 bits per heavy atom. The third-order valence-electron chi connectivity index (χ3n) is 5.55. The maximum Gasteiger partial charge on any atom is 0.225 e. The molecule has 5 nitrogen and oxygen atoms in total. The summed E-state index contributed by atoms with van der Waals surface area (Å²) in [6.45, 7) is 6.62. The molecule has 0 spiro atoms. The van der Waals surface area contributed by atoms with Crippen LogP contribution in [0.25, 0.3) is 0 Å². The van der Waals surface area contributed by atoms with Crippen LogP contribution in [0, 0.1) is 18.8 Å². The zero-order valence-corrected chi connectivity index (χ0v) is 14.3. The van der Waals surface area contributed by atoms with Crippen molar-refractivity contribution in [1.82, 2.24) is 15.0 Å². The summed E-state index contributed by atoms with van der Waals surface area (Å²) < 4.78 is 0. The van der Waals surface area contributed by atoms with Crippen molar-refractivity contribution in [1.29, 1.82) is 0 Å². The van der Waals surface area contributed by atoms with Crippen molar-refractivity contribution in [2.24, 2.45) is 11.8 Å². The lowest BCUT2D eigenvalue weighted by atomic mass is 9.84. The summed E-state index contributed by atoms with van der Waals surface area (Å²) in [6, 6.07) is 6.06. The molecular weight excluding hydrogens is 298 g/mol. The van der Waals surface area contributed by atoms with Crippen LogP contribution in [0.2, 0.25) is 0 Å². The molecule has 0 saturated carbocycles. The molecule has 126 valence electrons. The van der Waals surface area contributed by atoms with Gasteiger partial charge >= 0.3 is 0 Å². The predicted octanol–water partition coefficient (Wildman–Crippen LogP) is 2.92. The van der Waals surface area contributed by atoms with Crippen LogP contribution in [0.3, 0.4) is 0 Å². The fraction of sp³-hybridized carbons (Fsp3) is 0.526. The Bertz CT molecular complexity index is 666. The molecule has 1 atom stereocenters. The van der Waals surface area contributed by atoms with Crippen molar-refractivity contribution >= 4 is 11.8 Å². The lowest BCUT2D eigenvalue weighted by Gasteiger charge is -2.34. The quantitative estimate of drug-likeness (QED) is 0.869. The lowest BCUT2D eigenvalue weighted by molar-refractivity contribution is 0.292. The molecule has 0 aliphatic carbocycles. The first-order valence-electron chi connectivity index (χ1n) is 9.00. The Labute approximate surface area is 143 Å². The number of aromatic nitrogens is 3. The van der Waals surface area contributed by atoms with Gasteiger partial charge in [-0.05, 0) is 55.7 Å². The third-order valence-corrected chi connectivity index (χ3v) is 5.55. The van der Waals surface area contributed by atoms with Crippen molar-refractivity contribution in [3.8, 4) is 0 Å². The van der Waals surface area contributed by atoms with Crippen LogP contribution in [0.15, 0.2) is 36.8 Å². The minimum atomic E-state index is 0.797. The minimum absolute atomic E-state index is 0.797. The van der Waals surface area contributed by atoms with Gasteiger partial charge in [0.2, 0.25) is 5.95 Å². The topological polar surface area (TPSA) is 45.2 Å². The molecular formula is C19H25N5. The van der Waals surface area contributed by atoms with E-state index in [2.05, 4.69) is 37.7 Å². The first kappa shape index (κ1) is 15.4. The van der Waals surface area contributed by atoms with Gasteiger partial charge in [0.1, 0.15) is 5.82 Å². The molecule has 5 heteroatoms. The SMILES string of the molecule is Cc1cccnc1N1CCC(C2CCN(c3ncccn3)CC2)C1. The number of pyridine rings is 1. The second-order valence-electron chi connectivity index (χ2n) is 7.01. The van der Waals surface area contributed by atoms with Crippen molar-refractivity contribution in [3.05, 3.63) is 42.4 Å². The van der Waals surface area contributed by atoms with Crippen LogP contribution < -0.4 is 9.80 Å². The maximum atomic E-state index is 4.59. The van der Waals surface area contributed by atoms with Crippen LogP contribution in [-0.2, 0) is 0 Å². The maximum absolute atomic E-state index is 4.59. The summed E-state index contributed by atoms with van der Waals surface area (Å²) in [6.07, 6.45) is 9.36. The van der Waals surface area contributed by atoms with E-state index in [4.69, 9.17) is 0 Å². The van der Waals surface area contributed by atoms with Crippen LogP contribution in [-0.4, -0.2) is 41.1 Å². The van der Waals surface area contributed by atoms with E-state index in [0.717, 1.165) is 44.0 Å². The molecule has 0 bridgehead atoms. The summed E-state index contributed by atoms with van der Waals surface area (Å²) in [7, 11) is 0. The summed E-state index contributed by atoms with van der Waals surface area (Å²) in [5, 5.41) is 0. The van der Waals surface area contributed by atoms with Crippen LogP contribution in [0.4, 0.5) is 11.8 Å². The minimum Gasteiger partial charge on any atom is -0.356 e. The molecule has 2 saturated heterocycles. The summed E-state index contributed by atoms with van der Waals surface area (Å²) in [5.74, 6) is 3.67. The van der Waals surface area contributed by atoms with Crippen LogP contribution in [0.1, 0.15) is 24.8 Å². The summed E-state index contributed by atoms with van der Waals surface area (Å²) >= 11 is 0. The van der Waals surface area contributed by atoms with E-state index in [-0.39, 0.29) is 0 Å². The van der Waals surface area contributed by atoms with E-state index < -0.39 is 0 Å². The van der Waals surface area contributed by atoms with E-state index in [0.29, 0.717) is 0 Å². The molecule has 24 heavy (non-hydrogen) atoms. The van der Waals surface area contributed by atoms with Gasteiger partial charge in [0, 0.05) is 44.8 Å². The fourth-order valence-corrected chi connectivity index (χ4v) is 4.20. The predicted molar refractivity (Wildman–Crippen MR) is 96.3 cm³/mol. The molecule has 0 amide bonds. The number of hydrogen-bond donors (Lipinski definition) is 0. The van der Waals surface area contributed by atoms with Crippen LogP contribution in [0.5, 0.6) is 0 Å². The summed E-state index contributed by atoms with van der Waals surface area (Å²) in [5.41, 5.74) is 1.29. The molecule has 2 aromatic rings. The second-order valence-corrected chi connectivity index (χ2v) is 7.01. The van der Waals surface area contributed by atoms with E-state index in [1.807, 2.05) is 30.7 Å². The number of anilines is 2. The van der Waals surface area contributed by atoms with Gasteiger partial charge in [-0.15, -0.1) is 0 Å². The molecule has 2 aliphatic heterocycles. The van der Waals surface area contributed by atoms with Gasteiger partial charge in [0.05, 0.1) is 0 Å². The number of rotatable bonds is 3. The Kier molecular flexibility index (Phi) is 4.32.